The van der Waals surface area contributed by atoms with Gasteiger partial charge in [0.1, 0.15) is 6.10 Å². The molecule has 1 aromatic rings. The van der Waals surface area contributed by atoms with E-state index in [1.807, 2.05) is 12.1 Å². The fourth-order valence-corrected chi connectivity index (χ4v) is 3.11. The van der Waals surface area contributed by atoms with Gasteiger partial charge in [0.05, 0.1) is 12.5 Å². The highest BCUT2D eigenvalue weighted by molar-refractivity contribution is 5.76. The normalized spacial score (nSPS) is 21.9. The predicted molar refractivity (Wildman–Crippen MR) is 82.6 cm³/mol. The first kappa shape index (κ1) is 15.3. The molecular weight excluding hydrogens is 280 g/mol. The highest BCUT2D eigenvalue weighted by atomic mass is 16.5. The lowest BCUT2D eigenvalue weighted by atomic mass is 10.1. The van der Waals surface area contributed by atoms with E-state index in [2.05, 4.69) is 10.3 Å². The van der Waals surface area contributed by atoms with Crippen molar-refractivity contribution < 1.29 is 14.3 Å². The van der Waals surface area contributed by atoms with E-state index in [1.54, 1.807) is 6.20 Å². The van der Waals surface area contributed by atoms with E-state index in [4.69, 9.17) is 9.47 Å². The molecule has 1 saturated carbocycles. The minimum atomic E-state index is 0.0302. The van der Waals surface area contributed by atoms with Crippen molar-refractivity contribution in [2.24, 2.45) is 0 Å². The molecule has 2 heterocycles. The van der Waals surface area contributed by atoms with Gasteiger partial charge in [-0.25, -0.2) is 4.98 Å². The van der Waals surface area contributed by atoms with E-state index < -0.39 is 0 Å². The second-order valence-electron chi connectivity index (χ2n) is 6.11. The maximum Gasteiger partial charge on any atom is 0.222 e. The Balaban J connectivity index is 1.51. The summed E-state index contributed by atoms with van der Waals surface area (Å²) in [6.45, 7) is 1.24. The van der Waals surface area contributed by atoms with Crippen LogP contribution in [-0.2, 0) is 16.1 Å². The van der Waals surface area contributed by atoms with Crippen LogP contribution in [0.3, 0.4) is 0 Å². The van der Waals surface area contributed by atoms with Crippen molar-refractivity contribution in [3.8, 4) is 5.88 Å². The second-order valence-corrected chi connectivity index (χ2v) is 6.11. The number of nitrogens with one attached hydrogen (secondary N) is 1. The fraction of sp³-hybridized carbons (Fsp3) is 0.647. The molecule has 1 aliphatic carbocycles. The first-order valence-electron chi connectivity index (χ1n) is 8.30. The lowest BCUT2D eigenvalue weighted by molar-refractivity contribution is -0.123. The number of nitrogens with zero attached hydrogens (tertiary/aromatic N) is 1. The van der Waals surface area contributed by atoms with Crippen molar-refractivity contribution in [2.45, 2.75) is 63.7 Å². The van der Waals surface area contributed by atoms with E-state index in [0.29, 0.717) is 18.8 Å². The maximum atomic E-state index is 12.0. The lowest BCUT2D eigenvalue weighted by Gasteiger charge is -2.16. The highest BCUT2D eigenvalue weighted by Crippen LogP contribution is 2.25. The monoisotopic (exact) mass is 304 g/mol. The number of aromatic nitrogens is 1. The zero-order valence-electron chi connectivity index (χ0n) is 12.9. The van der Waals surface area contributed by atoms with Crippen LogP contribution in [0.2, 0.25) is 0 Å². The van der Waals surface area contributed by atoms with Crippen LogP contribution in [0.25, 0.3) is 0 Å². The summed E-state index contributed by atoms with van der Waals surface area (Å²) in [6.07, 6.45) is 9.23. The Kier molecular flexibility index (Phi) is 5.27. The number of hydrogen-bond donors (Lipinski definition) is 1. The van der Waals surface area contributed by atoms with Crippen LogP contribution in [0.15, 0.2) is 18.3 Å². The zero-order chi connectivity index (χ0) is 15.2. The third kappa shape index (κ3) is 4.19. The molecule has 1 aromatic heterocycles. The first-order chi connectivity index (χ1) is 10.8. The number of carbonyl (C=O) groups is 1. The van der Waals surface area contributed by atoms with Crippen molar-refractivity contribution in [3.63, 3.8) is 0 Å². The SMILES string of the molecule is O=C(C[C@@H]1CCCO1)NCc1cccnc1OC1CCCC1. The van der Waals surface area contributed by atoms with E-state index in [1.165, 1.54) is 12.8 Å². The first-order valence-corrected chi connectivity index (χ1v) is 8.30. The predicted octanol–water partition coefficient (Wildman–Crippen LogP) is 2.59. The number of carbonyl (C=O) groups excluding carboxylic acids is 1. The standard InChI is InChI=1S/C17H24N2O3/c20-16(11-15-8-4-10-21-15)19-12-13-5-3-9-18-17(13)22-14-6-1-2-7-14/h3,5,9,14-15H,1-2,4,6-8,10-12H2,(H,19,20)/t15-/m0/s1. The second kappa shape index (κ2) is 7.58. The van der Waals surface area contributed by atoms with Gasteiger partial charge in [-0.1, -0.05) is 6.07 Å². The van der Waals surface area contributed by atoms with Crippen LogP contribution in [0.1, 0.15) is 50.5 Å². The summed E-state index contributed by atoms with van der Waals surface area (Å²) in [5, 5.41) is 2.95. The van der Waals surface area contributed by atoms with Crippen LogP contribution in [0.5, 0.6) is 5.88 Å². The maximum absolute atomic E-state index is 12.0. The van der Waals surface area contributed by atoms with E-state index in [0.717, 1.165) is 37.9 Å². The zero-order valence-corrected chi connectivity index (χ0v) is 12.9. The summed E-state index contributed by atoms with van der Waals surface area (Å²) < 4.78 is 11.5. The van der Waals surface area contributed by atoms with E-state index in [-0.39, 0.29) is 18.1 Å². The molecule has 5 nitrogen and oxygen atoms in total. The van der Waals surface area contributed by atoms with Crippen LogP contribution >= 0.6 is 0 Å². The molecule has 1 N–H and O–H groups in total. The molecular formula is C17H24N2O3. The molecule has 1 saturated heterocycles. The van der Waals surface area contributed by atoms with Gasteiger partial charge in [0.2, 0.25) is 11.8 Å². The molecule has 2 aliphatic rings. The smallest absolute Gasteiger partial charge is 0.222 e. The molecule has 1 aliphatic heterocycles. The molecule has 2 fully saturated rings. The molecule has 0 bridgehead atoms. The average molecular weight is 304 g/mol. The quantitative estimate of drug-likeness (QED) is 0.877. The largest absolute Gasteiger partial charge is 0.474 e. The third-order valence-corrected chi connectivity index (χ3v) is 4.34. The number of pyridine rings is 1. The summed E-state index contributed by atoms with van der Waals surface area (Å²) in [5.74, 6) is 0.689. The van der Waals surface area contributed by atoms with Gasteiger partial charge in [-0.15, -0.1) is 0 Å². The van der Waals surface area contributed by atoms with Gasteiger partial charge in [-0.2, -0.15) is 0 Å². The topological polar surface area (TPSA) is 60.5 Å². The minimum Gasteiger partial charge on any atom is -0.474 e. The fourth-order valence-electron chi connectivity index (χ4n) is 3.11. The van der Waals surface area contributed by atoms with Crippen molar-refractivity contribution in [1.29, 1.82) is 0 Å². The minimum absolute atomic E-state index is 0.0302. The lowest BCUT2D eigenvalue weighted by Crippen LogP contribution is -2.27. The Hall–Kier alpha value is -1.62. The Bertz CT molecular complexity index is 494. The summed E-state index contributed by atoms with van der Waals surface area (Å²) in [6, 6.07) is 3.84. The van der Waals surface area contributed by atoms with Gasteiger partial charge >= 0.3 is 0 Å². The molecule has 1 amide bonds. The van der Waals surface area contributed by atoms with Gasteiger partial charge in [0.25, 0.3) is 0 Å². The summed E-state index contributed by atoms with van der Waals surface area (Å²) >= 11 is 0. The molecule has 3 rings (SSSR count). The molecule has 0 radical (unpaired) electrons. The molecule has 22 heavy (non-hydrogen) atoms. The highest BCUT2D eigenvalue weighted by Gasteiger charge is 2.20. The van der Waals surface area contributed by atoms with Gasteiger partial charge < -0.3 is 14.8 Å². The third-order valence-electron chi connectivity index (χ3n) is 4.34. The number of rotatable bonds is 6. The molecule has 0 unspecified atom stereocenters. The number of ether oxygens (including phenoxy) is 2. The molecule has 0 spiro atoms. The van der Waals surface area contributed by atoms with Crippen LogP contribution in [-0.4, -0.2) is 29.7 Å². The molecule has 1 atom stereocenters. The Morgan fingerprint density at radius 1 is 1.32 bits per heavy atom. The van der Waals surface area contributed by atoms with Crippen molar-refractivity contribution in [3.05, 3.63) is 23.9 Å². The summed E-state index contributed by atoms with van der Waals surface area (Å²) in [4.78, 5) is 16.3. The Morgan fingerprint density at radius 3 is 2.95 bits per heavy atom. The molecule has 0 aromatic carbocycles. The van der Waals surface area contributed by atoms with Crippen molar-refractivity contribution in [1.82, 2.24) is 10.3 Å². The summed E-state index contributed by atoms with van der Waals surface area (Å²) in [7, 11) is 0. The van der Waals surface area contributed by atoms with Gasteiger partial charge in [-0.05, 0) is 44.6 Å². The average Bonchev–Trinajstić information content (AvgIpc) is 3.20. The Morgan fingerprint density at radius 2 is 2.18 bits per heavy atom. The van der Waals surface area contributed by atoms with Crippen LogP contribution < -0.4 is 10.1 Å². The van der Waals surface area contributed by atoms with Crippen LogP contribution in [0, 0.1) is 0 Å². The van der Waals surface area contributed by atoms with E-state index >= 15 is 0 Å². The van der Waals surface area contributed by atoms with Crippen molar-refractivity contribution >= 4 is 5.91 Å². The number of hydrogen-bond acceptors (Lipinski definition) is 4. The van der Waals surface area contributed by atoms with Gasteiger partial charge in [0, 0.05) is 24.9 Å². The van der Waals surface area contributed by atoms with Crippen LogP contribution in [0.4, 0.5) is 0 Å². The molecule has 120 valence electrons. The van der Waals surface area contributed by atoms with Gasteiger partial charge in [0.15, 0.2) is 0 Å². The summed E-state index contributed by atoms with van der Waals surface area (Å²) in [5.41, 5.74) is 0.940. The van der Waals surface area contributed by atoms with Crippen molar-refractivity contribution in [2.75, 3.05) is 6.61 Å². The Labute approximate surface area is 131 Å². The number of amides is 1. The van der Waals surface area contributed by atoms with Gasteiger partial charge in [-0.3, -0.25) is 4.79 Å². The van der Waals surface area contributed by atoms with E-state index in [9.17, 15) is 4.79 Å². The molecule has 5 heteroatoms.